The van der Waals surface area contributed by atoms with Crippen molar-refractivity contribution in [1.29, 1.82) is 0 Å². The Bertz CT molecular complexity index is 542. The summed E-state index contributed by atoms with van der Waals surface area (Å²) in [7, 11) is 1.69. The maximum absolute atomic E-state index is 6.19. The van der Waals surface area contributed by atoms with Crippen molar-refractivity contribution < 1.29 is 4.74 Å². The molecule has 0 aliphatic rings. The molecule has 0 saturated carbocycles. The highest BCUT2D eigenvalue weighted by atomic mass is 35.5. The molecule has 2 rings (SSSR count). The number of benzene rings is 1. The van der Waals surface area contributed by atoms with E-state index in [9.17, 15) is 0 Å². The number of imidazole rings is 1. The number of hydrogen-bond acceptors (Lipinski definition) is 3. The molecule has 1 heterocycles. The van der Waals surface area contributed by atoms with E-state index in [1.165, 1.54) is 0 Å². The average Bonchev–Trinajstić information content (AvgIpc) is 2.86. The summed E-state index contributed by atoms with van der Waals surface area (Å²) in [6.07, 6.45) is 4.47. The van der Waals surface area contributed by atoms with Crippen LogP contribution in [0.2, 0.25) is 10.0 Å². The molecule has 0 saturated heterocycles. The number of nitrogens with one attached hydrogen (secondary N) is 1. The number of nitrogens with zero attached hydrogens (tertiary/aromatic N) is 2. The van der Waals surface area contributed by atoms with Crippen LogP contribution < -0.4 is 5.32 Å². The Morgan fingerprint density at radius 2 is 2.21 bits per heavy atom. The van der Waals surface area contributed by atoms with Gasteiger partial charge in [0.25, 0.3) is 0 Å². The fourth-order valence-electron chi connectivity index (χ4n) is 1.72. The van der Waals surface area contributed by atoms with Crippen molar-refractivity contribution in [3.05, 3.63) is 40.6 Å². The SMILES string of the molecule is COCCCNc1nccn1-c1cc(Cl)ccc1Cl. The molecule has 4 nitrogen and oxygen atoms in total. The molecule has 1 N–H and O–H groups in total. The molecule has 0 unspecified atom stereocenters. The molecule has 0 aliphatic heterocycles. The molecule has 1 aromatic carbocycles. The second-order valence-corrected chi connectivity index (χ2v) is 4.83. The molecule has 2 aromatic rings. The average molecular weight is 300 g/mol. The van der Waals surface area contributed by atoms with Crippen LogP contribution in [0.3, 0.4) is 0 Å². The molecular formula is C13H15Cl2N3O. The second-order valence-electron chi connectivity index (χ2n) is 3.99. The third kappa shape index (κ3) is 3.62. The van der Waals surface area contributed by atoms with E-state index in [0.717, 1.165) is 24.6 Å². The van der Waals surface area contributed by atoms with Gasteiger partial charge in [-0.15, -0.1) is 0 Å². The highest BCUT2D eigenvalue weighted by Gasteiger charge is 2.08. The smallest absolute Gasteiger partial charge is 0.207 e. The molecule has 0 spiro atoms. The minimum atomic E-state index is 0.627. The summed E-state index contributed by atoms with van der Waals surface area (Å²) < 4.78 is 6.88. The van der Waals surface area contributed by atoms with Crippen LogP contribution in [-0.2, 0) is 4.74 Å². The lowest BCUT2D eigenvalue weighted by atomic mass is 10.3. The standard InChI is InChI=1S/C13H15Cl2N3O/c1-19-8-2-5-16-13-17-6-7-18(13)12-9-10(14)3-4-11(12)15/h3-4,6-7,9H,2,5,8H2,1H3,(H,16,17). The van der Waals surface area contributed by atoms with Gasteiger partial charge in [-0.3, -0.25) is 4.57 Å². The molecule has 102 valence electrons. The Morgan fingerprint density at radius 3 is 3.00 bits per heavy atom. The van der Waals surface area contributed by atoms with E-state index in [1.807, 2.05) is 16.8 Å². The van der Waals surface area contributed by atoms with Gasteiger partial charge in [-0.2, -0.15) is 0 Å². The molecule has 6 heteroatoms. The van der Waals surface area contributed by atoms with Gasteiger partial charge in [-0.25, -0.2) is 4.98 Å². The Labute approximate surface area is 122 Å². The summed E-state index contributed by atoms with van der Waals surface area (Å²) >= 11 is 12.2. The predicted molar refractivity (Wildman–Crippen MR) is 78.6 cm³/mol. The summed E-state index contributed by atoms with van der Waals surface area (Å²) in [6.45, 7) is 1.49. The first-order chi connectivity index (χ1) is 9.22. The molecule has 0 amide bonds. The van der Waals surface area contributed by atoms with Gasteiger partial charge in [0.05, 0.1) is 10.7 Å². The highest BCUT2D eigenvalue weighted by Crippen LogP contribution is 2.26. The van der Waals surface area contributed by atoms with Gasteiger partial charge >= 0.3 is 0 Å². The molecule has 19 heavy (non-hydrogen) atoms. The Morgan fingerprint density at radius 1 is 1.37 bits per heavy atom. The van der Waals surface area contributed by atoms with Crippen LogP contribution in [0.5, 0.6) is 0 Å². The Balaban J connectivity index is 2.16. The van der Waals surface area contributed by atoms with Gasteiger partial charge in [0, 0.05) is 37.7 Å². The number of ether oxygens (including phenoxy) is 1. The zero-order valence-corrected chi connectivity index (χ0v) is 12.1. The van der Waals surface area contributed by atoms with Crippen LogP contribution in [0.15, 0.2) is 30.6 Å². The van der Waals surface area contributed by atoms with Crippen LogP contribution in [0.1, 0.15) is 6.42 Å². The van der Waals surface area contributed by atoms with E-state index in [0.29, 0.717) is 16.7 Å². The second kappa shape index (κ2) is 6.80. The molecule has 0 atom stereocenters. The van der Waals surface area contributed by atoms with Gasteiger partial charge in [-0.1, -0.05) is 23.2 Å². The fourth-order valence-corrected chi connectivity index (χ4v) is 2.09. The number of methoxy groups -OCH3 is 1. The lowest BCUT2D eigenvalue weighted by Crippen LogP contribution is -2.09. The van der Waals surface area contributed by atoms with Crippen molar-refractivity contribution in [2.24, 2.45) is 0 Å². The summed E-state index contributed by atoms with van der Waals surface area (Å²) in [5.41, 5.74) is 0.806. The number of aromatic nitrogens is 2. The minimum Gasteiger partial charge on any atom is -0.385 e. The van der Waals surface area contributed by atoms with Gasteiger partial charge in [0.15, 0.2) is 0 Å². The zero-order valence-electron chi connectivity index (χ0n) is 10.6. The maximum atomic E-state index is 6.19. The van der Waals surface area contributed by atoms with Crippen molar-refractivity contribution in [3.8, 4) is 5.69 Å². The molecule has 0 bridgehead atoms. The van der Waals surface area contributed by atoms with Crippen molar-refractivity contribution in [2.75, 3.05) is 25.6 Å². The minimum absolute atomic E-state index is 0.627. The van der Waals surface area contributed by atoms with Crippen molar-refractivity contribution in [2.45, 2.75) is 6.42 Å². The van der Waals surface area contributed by atoms with Gasteiger partial charge in [0.1, 0.15) is 0 Å². The third-order valence-electron chi connectivity index (χ3n) is 2.62. The quantitative estimate of drug-likeness (QED) is 0.828. The van der Waals surface area contributed by atoms with Crippen molar-refractivity contribution >= 4 is 29.2 Å². The fraction of sp³-hybridized carbons (Fsp3) is 0.308. The van der Waals surface area contributed by atoms with E-state index < -0.39 is 0 Å². The largest absolute Gasteiger partial charge is 0.385 e. The van der Waals surface area contributed by atoms with Crippen LogP contribution in [0.4, 0.5) is 5.95 Å². The lowest BCUT2D eigenvalue weighted by molar-refractivity contribution is 0.197. The van der Waals surface area contributed by atoms with Crippen LogP contribution >= 0.6 is 23.2 Å². The molecular weight excluding hydrogens is 285 g/mol. The Hall–Kier alpha value is -1.23. The summed E-state index contributed by atoms with van der Waals surface area (Å²) in [6, 6.07) is 5.34. The van der Waals surface area contributed by atoms with Gasteiger partial charge < -0.3 is 10.1 Å². The first-order valence-electron chi connectivity index (χ1n) is 5.94. The predicted octanol–water partition coefficient (Wildman–Crippen LogP) is 3.63. The van der Waals surface area contributed by atoms with Crippen LogP contribution in [-0.4, -0.2) is 29.8 Å². The van der Waals surface area contributed by atoms with Crippen LogP contribution in [0.25, 0.3) is 5.69 Å². The summed E-state index contributed by atoms with van der Waals surface area (Å²) in [5, 5.41) is 4.51. The Kier molecular flexibility index (Phi) is 5.07. The van der Waals surface area contributed by atoms with Gasteiger partial charge in [0.2, 0.25) is 5.95 Å². The van der Waals surface area contributed by atoms with Crippen molar-refractivity contribution in [1.82, 2.24) is 9.55 Å². The summed E-state index contributed by atoms with van der Waals surface area (Å²) in [4.78, 5) is 4.27. The van der Waals surface area contributed by atoms with Crippen molar-refractivity contribution in [3.63, 3.8) is 0 Å². The number of hydrogen-bond donors (Lipinski definition) is 1. The first-order valence-corrected chi connectivity index (χ1v) is 6.69. The zero-order chi connectivity index (χ0) is 13.7. The molecule has 0 aliphatic carbocycles. The number of rotatable bonds is 6. The third-order valence-corrected chi connectivity index (χ3v) is 3.17. The van der Waals surface area contributed by atoms with Crippen LogP contribution in [0, 0.1) is 0 Å². The monoisotopic (exact) mass is 299 g/mol. The van der Waals surface area contributed by atoms with E-state index in [1.54, 1.807) is 25.4 Å². The molecule has 0 radical (unpaired) electrons. The normalized spacial score (nSPS) is 10.7. The number of anilines is 1. The van der Waals surface area contributed by atoms with E-state index in [2.05, 4.69) is 10.3 Å². The van der Waals surface area contributed by atoms with E-state index in [-0.39, 0.29) is 0 Å². The first kappa shape index (κ1) is 14.2. The topological polar surface area (TPSA) is 39.1 Å². The lowest BCUT2D eigenvalue weighted by Gasteiger charge is -2.11. The maximum Gasteiger partial charge on any atom is 0.207 e. The highest BCUT2D eigenvalue weighted by molar-refractivity contribution is 6.34. The molecule has 1 aromatic heterocycles. The van der Waals surface area contributed by atoms with E-state index in [4.69, 9.17) is 27.9 Å². The van der Waals surface area contributed by atoms with Gasteiger partial charge in [-0.05, 0) is 24.6 Å². The number of halogens is 2. The molecule has 0 fully saturated rings. The van der Waals surface area contributed by atoms with E-state index >= 15 is 0 Å². The summed E-state index contributed by atoms with van der Waals surface area (Å²) in [5.74, 6) is 0.736.